The summed E-state index contributed by atoms with van der Waals surface area (Å²) in [5.41, 5.74) is 0. The van der Waals surface area contributed by atoms with Crippen molar-refractivity contribution in [2.45, 2.75) is 38.9 Å². The summed E-state index contributed by atoms with van der Waals surface area (Å²) in [4.78, 5) is 4.74. The molecule has 0 spiro atoms. The molecular formula is C13H30N4. The molecule has 0 bridgehead atoms. The van der Waals surface area contributed by atoms with E-state index in [0.717, 1.165) is 13.1 Å². The fourth-order valence-electron chi connectivity index (χ4n) is 2.33. The van der Waals surface area contributed by atoms with Crippen molar-refractivity contribution in [1.82, 2.24) is 20.4 Å². The van der Waals surface area contributed by atoms with E-state index in [2.05, 4.69) is 55.3 Å². The maximum Gasteiger partial charge on any atom is 0.0190 e. The Bertz CT molecular complexity index is 202. The van der Waals surface area contributed by atoms with Crippen molar-refractivity contribution < 1.29 is 0 Å². The van der Waals surface area contributed by atoms with Crippen LogP contribution in [0.3, 0.4) is 0 Å². The van der Waals surface area contributed by atoms with E-state index < -0.39 is 0 Å². The Morgan fingerprint density at radius 1 is 0.941 bits per heavy atom. The molecule has 4 nitrogen and oxygen atoms in total. The van der Waals surface area contributed by atoms with Crippen molar-refractivity contribution in [3.05, 3.63) is 0 Å². The maximum absolute atomic E-state index is 3.42. The van der Waals surface area contributed by atoms with Crippen molar-refractivity contribution in [1.29, 1.82) is 0 Å². The highest BCUT2D eigenvalue weighted by molar-refractivity contribution is 4.78. The lowest BCUT2D eigenvalue weighted by molar-refractivity contribution is 0.182. The van der Waals surface area contributed by atoms with E-state index in [9.17, 15) is 0 Å². The Balaban J connectivity index is 0.000000171. The van der Waals surface area contributed by atoms with Gasteiger partial charge < -0.3 is 20.4 Å². The van der Waals surface area contributed by atoms with E-state index in [-0.39, 0.29) is 0 Å². The Labute approximate surface area is 107 Å². The Hall–Kier alpha value is -0.160. The van der Waals surface area contributed by atoms with Gasteiger partial charge in [0.2, 0.25) is 0 Å². The molecule has 2 heterocycles. The van der Waals surface area contributed by atoms with Gasteiger partial charge >= 0.3 is 0 Å². The highest BCUT2D eigenvalue weighted by atomic mass is 15.2. The Morgan fingerprint density at radius 2 is 1.59 bits per heavy atom. The van der Waals surface area contributed by atoms with Crippen molar-refractivity contribution in [2.24, 2.45) is 0 Å². The minimum atomic E-state index is 0.672. The number of piperazine rings is 2. The highest BCUT2D eigenvalue weighted by Crippen LogP contribution is 2.01. The number of nitrogens with zero attached hydrogens (tertiary/aromatic N) is 2. The second kappa shape index (κ2) is 7.31. The van der Waals surface area contributed by atoms with E-state index in [0.29, 0.717) is 18.1 Å². The van der Waals surface area contributed by atoms with Gasteiger partial charge in [-0.2, -0.15) is 0 Å². The molecule has 2 saturated heterocycles. The van der Waals surface area contributed by atoms with Crippen LogP contribution in [0.2, 0.25) is 0 Å². The smallest absolute Gasteiger partial charge is 0.0190 e. The Morgan fingerprint density at radius 3 is 2.00 bits per heavy atom. The molecule has 2 aliphatic heterocycles. The summed E-state index contributed by atoms with van der Waals surface area (Å²) in [6.45, 7) is 12.6. The van der Waals surface area contributed by atoms with E-state index >= 15 is 0 Å². The summed E-state index contributed by atoms with van der Waals surface area (Å²) >= 11 is 0. The third-order valence-electron chi connectivity index (χ3n) is 3.65. The molecular weight excluding hydrogens is 212 g/mol. The molecule has 0 aromatic rings. The predicted octanol–water partition coefficient (Wildman–Crippen LogP) is 0.208. The first-order valence-corrected chi connectivity index (χ1v) is 6.84. The average Bonchev–Trinajstić information content (AvgIpc) is 2.24. The van der Waals surface area contributed by atoms with Gasteiger partial charge in [-0.1, -0.05) is 0 Å². The van der Waals surface area contributed by atoms with Crippen LogP contribution in [0.5, 0.6) is 0 Å². The van der Waals surface area contributed by atoms with Gasteiger partial charge in [-0.05, 0) is 34.9 Å². The van der Waals surface area contributed by atoms with Crippen LogP contribution in [0.15, 0.2) is 0 Å². The predicted molar refractivity (Wildman–Crippen MR) is 74.5 cm³/mol. The lowest BCUT2D eigenvalue weighted by atomic mass is 10.2. The number of likely N-dealkylation sites (N-methyl/N-ethyl adjacent to an activating group) is 2. The van der Waals surface area contributed by atoms with Crippen LogP contribution < -0.4 is 10.6 Å². The molecule has 0 saturated carbocycles. The van der Waals surface area contributed by atoms with Gasteiger partial charge in [0.05, 0.1) is 0 Å². The van der Waals surface area contributed by atoms with Crippen LogP contribution in [-0.4, -0.2) is 74.7 Å². The van der Waals surface area contributed by atoms with Gasteiger partial charge in [-0.3, -0.25) is 0 Å². The number of hydrogen-bond donors (Lipinski definition) is 2. The molecule has 2 rings (SSSR count). The van der Waals surface area contributed by atoms with Crippen molar-refractivity contribution in [2.75, 3.05) is 46.8 Å². The van der Waals surface area contributed by atoms with Gasteiger partial charge in [0.1, 0.15) is 0 Å². The molecule has 3 unspecified atom stereocenters. The molecule has 0 amide bonds. The van der Waals surface area contributed by atoms with Crippen LogP contribution >= 0.6 is 0 Å². The zero-order valence-corrected chi connectivity index (χ0v) is 12.2. The number of rotatable bonds is 0. The largest absolute Gasteiger partial charge is 0.312 e. The number of hydrogen-bond acceptors (Lipinski definition) is 4. The molecule has 4 heteroatoms. The number of nitrogens with one attached hydrogen (secondary N) is 2. The van der Waals surface area contributed by atoms with Crippen LogP contribution in [0.4, 0.5) is 0 Å². The quantitative estimate of drug-likeness (QED) is 0.636. The van der Waals surface area contributed by atoms with E-state index in [1.807, 2.05) is 0 Å². The van der Waals surface area contributed by atoms with Crippen molar-refractivity contribution in [3.8, 4) is 0 Å². The summed E-state index contributed by atoms with van der Waals surface area (Å²) in [7, 11) is 4.35. The maximum atomic E-state index is 3.42. The van der Waals surface area contributed by atoms with Gasteiger partial charge in [0, 0.05) is 50.8 Å². The summed E-state index contributed by atoms with van der Waals surface area (Å²) in [5, 5.41) is 6.79. The van der Waals surface area contributed by atoms with Crippen LogP contribution in [0, 0.1) is 0 Å². The average molecular weight is 242 g/mol. The zero-order chi connectivity index (χ0) is 12.8. The first-order valence-electron chi connectivity index (χ1n) is 6.84. The molecule has 0 aromatic heterocycles. The molecule has 17 heavy (non-hydrogen) atoms. The van der Waals surface area contributed by atoms with Crippen molar-refractivity contribution >= 4 is 0 Å². The van der Waals surface area contributed by atoms with Gasteiger partial charge in [-0.25, -0.2) is 0 Å². The third-order valence-corrected chi connectivity index (χ3v) is 3.65. The Kier molecular flexibility index (Phi) is 6.41. The second-order valence-corrected chi connectivity index (χ2v) is 5.72. The second-order valence-electron chi connectivity index (χ2n) is 5.72. The van der Waals surface area contributed by atoms with Crippen molar-refractivity contribution in [3.63, 3.8) is 0 Å². The SMILES string of the molecule is CC1CN(C)C(C)CN1.CC1CN(C)CCN1. The van der Waals surface area contributed by atoms with Crippen LogP contribution in [0.1, 0.15) is 20.8 Å². The van der Waals surface area contributed by atoms with Crippen LogP contribution in [0.25, 0.3) is 0 Å². The van der Waals surface area contributed by atoms with E-state index in [4.69, 9.17) is 0 Å². The molecule has 3 atom stereocenters. The molecule has 0 aliphatic carbocycles. The van der Waals surface area contributed by atoms with Gasteiger partial charge in [0.25, 0.3) is 0 Å². The fraction of sp³-hybridized carbons (Fsp3) is 1.00. The first kappa shape index (κ1) is 14.9. The summed E-state index contributed by atoms with van der Waals surface area (Å²) < 4.78 is 0. The monoisotopic (exact) mass is 242 g/mol. The highest BCUT2D eigenvalue weighted by Gasteiger charge is 2.17. The van der Waals surface area contributed by atoms with E-state index in [1.54, 1.807) is 0 Å². The fourth-order valence-corrected chi connectivity index (χ4v) is 2.33. The molecule has 0 radical (unpaired) electrons. The summed E-state index contributed by atoms with van der Waals surface area (Å²) in [6, 6.07) is 2.07. The van der Waals surface area contributed by atoms with E-state index in [1.165, 1.54) is 19.6 Å². The lowest BCUT2D eigenvalue weighted by Crippen LogP contribution is -2.52. The molecule has 2 N–H and O–H groups in total. The lowest BCUT2D eigenvalue weighted by Gasteiger charge is -2.34. The van der Waals surface area contributed by atoms with Gasteiger partial charge in [-0.15, -0.1) is 0 Å². The molecule has 0 aromatic carbocycles. The normalized spacial score (nSPS) is 36.2. The first-order chi connectivity index (χ1) is 7.99. The minimum Gasteiger partial charge on any atom is -0.312 e. The zero-order valence-electron chi connectivity index (χ0n) is 12.2. The van der Waals surface area contributed by atoms with Crippen LogP contribution in [-0.2, 0) is 0 Å². The standard InChI is InChI=1S/C7H16N2.C6H14N2/c1-6-5-9(3)7(2)4-8-6;1-6-5-8(2)4-3-7-6/h6-8H,4-5H2,1-3H3;6-7H,3-5H2,1-2H3. The summed E-state index contributed by atoms with van der Waals surface area (Å²) in [6.07, 6.45) is 0. The molecule has 102 valence electrons. The minimum absolute atomic E-state index is 0.672. The third kappa shape index (κ3) is 5.82. The molecule has 2 aliphatic rings. The topological polar surface area (TPSA) is 30.5 Å². The van der Waals surface area contributed by atoms with Gasteiger partial charge in [0.15, 0.2) is 0 Å². The summed E-state index contributed by atoms with van der Waals surface area (Å²) in [5.74, 6) is 0. The molecule has 2 fully saturated rings.